The zero-order valence-corrected chi connectivity index (χ0v) is 13.3. The Morgan fingerprint density at radius 3 is 2.72 bits per heavy atom. The summed E-state index contributed by atoms with van der Waals surface area (Å²) in [5.74, 6) is 0.819. The molecule has 0 aliphatic heterocycles. The molecule has 0 amide bonds. The molecular weight excluding hydrogens is 341 g/mol. The SMILES string of the molecule is CCSCC(C)NS(=O)(=O)c1ccc(Br)cc1F. The zero-order valence-electron chi connectivity index (χ0n) is 10.1. The molecule has 1 rings (SSSR count). The van der Waals surface area contributed by atoms with Gasteiger partial charge in [-0.1, -0.05) is 22.9 Å². The normalized spacial score (nSPS) is 13.6. The third kappa shape index (κ3) is 4.53. The van der Waals surface area contributed by atoms with Crippen molar-refractivity contribution < 1.29 is 12.8 Å². The lowest BCUT2D eigenvalue weighted by Crippen LogP contribution is -2.34. The smallest absolute Gasteiger partial charge is 0.207 e. The van der Waals surface area contributed by atoms with Crippen LogP contribution in [-0.2, 0) is 10.0 Å². The Morgan fingerprint density at radius 1 is 1.50 bits per heavy atom. The van der Waals surface area contributed by atoms with Crippen LogP contribution in [0.15, 0.2) is 27.6 Å². The Hall–Kier alpha value is -0.110. The predicted molar refractivity (Wildman–Crippen MR) is 76.9 cm³/mol. The van der Waals surface area contributed by atoms with E-state index in [0.29, 0.717) is 10.2 Å². The molecule has 0 aliphatic rings. The van der Waals surface area contributed by atoms with Gasteiger partial charge in [-0.05, 0) is 30.9 Å². The van der Waals surface area contributed by atoms with Gasteiger partial charge in [-0.25, -0.2) is 17.5 Å². The predicted octanol–water partition coefficient (Wildman–Crippen LogP) is 3.01. The number of sulfonamides is 1. The highest BCUT2D eigenvalue weighted by molar-refractivity contribution is 9.10. The van der Waals surface area contributed by atoms with Crippen molar-refractivity contribution in [2.45, 2.75) is 24.8 Å². The fraction of sp³-hybridized carbons (Fsp3) is 0.455. The molecular formula is C11H15BrFNO2S2. The second kappa shape index (κ2) is 6.88. The molecule has 7 heteroatoms. The van der Waals surface area contributed by atoms with Crippen LogP contribution < -0.4 is 4.72 Å². The molecule has 1 unspecified atom stereocenters. The van der Waals surface area contributed by atoms with Gasteiger partial charge >= 0.3 is 0 Å². The molecule has 1 aromatic carbocycles. The fourth-order valence-corrected chi connectivity index (χ4v) is 3.76. The largest absolute Gasteiger partial charge is 0.243 e. The minimum Gasteiger partial charge on any atom is -0.207 e. The molecule has 0 fully saturated rings. The van der Waals surface area contributed by atoms with E-state index in [1.807, 2.05) is 6.92 Å². The average Bonchev–Trinajstić information content (AvgIpc) is 2.25. The minimum atomic E-state index is -3.80. The van der Waals surface area contributed by atoms with Gasteiger partial charge < -0.3 is 0 Å². The number of hydrogen-bond donors (Lipinski definition) is 1. The fourth-order valence-electron chi connectivity index (χ4n) is 1.35. The second-order valence-electron chi connectivity index (χ2n) is 3.76. The Balaban J connectivity index is 2.86. The van der Waals surface area contributed by atoms with E-state index < -0.39 is 15.8 Å². The summed E-state index contributed by atoms with van der Waals surface area (Å²) in [6.07, 6.45) is 0. The van der Waals surface area contributed by atoms with Crippen LogP contribution in [0.5, 0.6) is 0 Å². The lowest BCUT2D eigenvalue weighted by Gasteiger charge is -2.14. The van der Waals surface area contributed by atoms with Gasteiger partial charge in [0.1, 0.15) is 10.7 Å². The zero-order chi connectivity index (χ0) is 13.8. The first-order valence-corrected chi connectivity index (χ1v) is 8.85. The average molecular weight is 356 g/mol. The van der Waals surface area contributed by atoms with Crippen LogP contribution in [0.3, 0.4) is 0 Å². The molecule has 0 spiro atoms. The lowest BCUT2D eigenvalue weighted by atomic mass is 10.3. The van der Waals surface area contributed by atoms with Gasteiger partial charge in [0.25, 0.3) is 0 Å². The Labute approximate surface area is 120 Å². The van der Waals surface area contributed by atoms with Crippen LogP contribution in [-0.4, -0.2) is 26.0 Å². The van der Waals surface area contributed by atoms with E-state index in [2.05, 4.69) is 20.7 Å². The number of nitrogens with one attached hydrogen (secondary N) is 1. The molecule has 1 N–H and O–H groups in total. The number of thioether (sulfide) groups is 1. The molecule has 0 saturated heterocycles. The summed E-state index contributed by atoms with van der Waals surface area (Å²) >= 11 is 4.72. The maximum atomic E-state index is 13.6. The van der Waals surface area contributed by atoms with Crippen molar-refractivity contribution in [1.29, 1.82) is 0 Å². The van der Waals surface area contributed by atoms with Crippen LogP contribution in [0, 0.1) is 5.82 Å². The first kappa shape index (κ1) is 15.9. The molecule has 0 radical (unpaired) electrons. The van der Waals surface area contributed by atoms with E-state index in [9.17, 15) is 12.8 Å². The van der Waals surface area contributed by atoms with E-state index in [-0.39, 0.29) is 10.9 Å². The van der Waals surface area contributed by atoms with Gasteiger partial charge in [0.05, 0.1) is 0 Å². The van der Waals surface area contributed by atoms with E-state index in [4.69, 9.17) is 0 Å². The Morgan fingerprint density at radius 2 is 2.17 bits per heavy atom. The lowest BCUT2D eigenvalue weighted by molar-refractivity contribution is 0.549. The Bertz CT molecular complexity index is 508. The van der Waals surface area contributed by atoms with Gasteiger partial charge in [0, 0.05) is 16.3 Å². The summed E-state index contributed by atoms with van der Waals surface area (Å²) in [5, 5.41) is 0. The van der Waals surface area contributed by atoms with E-state index in [1.54, 1.807) is 18.7 Å². The van der Waals surface area contributed by atoms with Crippen molar-refractivity contribution in [3.05, 3.63) is 28.5 Å². The van der Waals surface area contributed by atoms with Crippen LogP contribution in [0.25, 0.3) is 0 Å². The van der Waals surface area contributed by atoms with Crippen LogP contribution >= 0.6 is 27.7 Å². The molecule has 0 aliphatic carbocycles. The molecule has 0 aromatic heterocycles. The van der Waals surface area contributed by atoms with Crippen molar-refractivity contribution in [2.75, 3.05) is 11.5 Å². The minimum absolute atomic E-state index is 0.233. The monoisotopic (exact) mass is 355 g/mol. The molecule has 0 heterocycles. The first-order chi connectivity index (χ1) is 8.36. The number of hydrogen-bond acceptors (Lipinski definition) is 3. The second-order valence-corrected chi connectivity index (χ2v) is 7.67. The summed E-state index contributed by atoms with van der Waals surface area (Å²) in [6, 6.07) is 3.66. The van der Waals surface area contributed by atoms with Crippen molar-refractivity contribution in [3.63, 3.8) is 0 Å². The topological polar surface area (TPSA) is 46.2 Å². The van der Waals surface area contributed by atoms with Crippen LogP contribution in [0.1, 0.15) is 13.8 Å². The Kier molecular flexibility index (Phi) is 6.10. The maximum absolute atomic E-state index is 13.6. The number of halogens is 2. The van der Waals surface area contributed by atoms with Gasteiger partial charge in [-0.15, -0.1) is 0 Å². The standard InChI is InChI=1S/C11H15BrFNO2S2/c1-3-17-7-8(2)14-18(15,16)11-5-4-9(12)6-10(11)13/h4-6,8,14H,3,7H2,1-2H3. The summed E-state index contributed by atoms with van der Waals surface area (Å²) in [6.45, 7) is 3.76. The van der Waals surface area contributed by atoms with Gasteiger partial charge in [0.15, 0.2) is 0 Å². The molecule has 1 aromatic rings. The van der Waals surface area contributed by atoms with E-state index in [0.717, 1.165) is 11.8 Å². The third-order valence-corrected chi connectivity index (χ3v) is 5.37. The van der Waals surface area contributed by atoms with Gasteiger partial charge in [-0.3, -0.25) is 0 Å². The maximum Gasteiger partial charge on any atom is 0.243 e. The highest BCUT2D eigenvalue weighted by atomic mass is 79.9. The summed E-state index contributed by atoms with van der Waals surface area (Å²) < 4.78 is 40.5. The molecule has 0 saturated carbocycles. The number of benzene rings is 1. The number of rotatable bonds is 6. The van der Waals surface area contributed by atoms with Crippen molar-refractivity contribution in [1.82, 2.24) is 4.72 Å². The van der Waals surface area contributed by atoms with Crippen LogP contribution in [0.2, 0.25) is 0 Å². The molecule has 18 heavy (non-hydrogen) atoms. The molecule has 3 nitrogen and oxygen atoms in total. The quantitative estimate of drug-likeness (QED) is 0.852. The van der Waals surface area contributed by atoms with Crippen molar-refractivity contribution in [2.24, 2.45) is 0 Å². The van der Waals surface area contributed by atoms with Gasteiger partial charge in [0.2, 0.25) is 10.0 Å². The third-order valence-electron chi connectivity index (χ3n) is 2.11. The van der Waals surface area contributed by atoms with E-state index >= 15 is 0 Å². The molecule has 102 valence electrons. The van der Waals surface area contributed by atoms with Crippen LogP contribution in [0.4, 0.5) is 4.39 Å². The first-order valence-electron chi connectivity index (χ1n) is 5.42. The highest BCUT2D eigenvalue weighted by Gasteiger charge is 2.21. The van der Waals surface area contributed by atoms with Crippen molar-refractivity contribution in [3.8, 4) is 0 Å². The van der Waals surface area contributed by atoms with Crippen molar-refractivity contribution >= 4 is 37.7 Å². The summed E-state index contributed by atoms with van der Waals surface area (Å²) in [7, 11) is -3.80. The van der Waals surface area contributed by atoms with E-state index in [1.165, 1.54) is 12.1 Å². The molecule has 0 bridgehead atoms. The summed E-state index contributed by atoms with van der Waals surface area (Å²) in [5.41, 5.74) is 0. The highest BCUT2D eigenvalue weighted by Crippen LogP contribution is 2.19. The van der Waals surface area contributed by atoms with Gasteiger partial charge in [-0.2, -0.15) is 11.8 Å². The molecule has 1 atom stereocenters. The summed E-state index contributed by atoms with van der Waals surface area (Å²) in [4.78, 5) is -0.320.